The minimum absolute atomic E-state index is 0.0304. The van der Waals surface area contributed by atoms with Crippen LogP contribution in [0.3, 0.4) is 0 Å². The predicted molar refractivity (Wildman–Crippen MR) is 134 cm³/mol. The molecular formula is C26H26ClN5O3. The zero-order chi connectivity index (χ0) is 24.4. The van der Waals surface area contributed by atoms with Crippen molar-refractivity contribution >= 4 is 29.1 Å². The van der Waals surface area contributed by atoms with Gasteiger partial charge in [0.25, 0.3) is 11.5 Å². The second kappa shape index (κ2) is 9.92. The Labute approximate surface area is 208 Å². The highest BCUT2D eigenvalue weighted by atomic mass is 35.5. The van der Waals surface area contributed by atoms with Crippen molar-refractivity contribution in [2.24, 2.45) is 0 Å². The Balaban J connectivity index is 1.22. The molecule has 0 N–H and O–H groups in total. The molecule has 0 saturated carbocycles. The molecule has 0 radical (unpaired) electrons. The summed E-state index contributed by atoms with van der Waals surface area (Å²) in [7, 11) is 0. The number of piperazine rings is 1. The highest BCUT2D eigenvalue weighted by Gasteiger charge is 2.25. The summed E-state index contributed by atoms with van der Waals surface area (Å²) in [4.78, 5) is 43.3. The molecule has 2 aromatic carbocycles. The molecule has 180 valence electrons. The average molecular weight is 492 g/mol. The molecule has 2 saturated heterocycles. The van der Waals surface area contributed by atoms with Crippen molar-refractivity contribution in [2.45, 2.75) is 19.4 Å². The van der Waals surface area contributed by atoms with Crippen LogP contribution in [-0.2, 0) is 11.3 Å². The van der Waals surface area contributed by atoms with Gasteiger partial charge in [-0.2, -0.15) is 9.78 Å². The summed E-state index contributed by atoms with van der Waals surface area (Å²) in [6, 6.07) is 16.6. The van der Waals surface area contributed by atoms with Gasteiger partial charge in [-0.3, -0.25) is 14.4 Å². The predicted octanol–water partition coefficient (Wildman–Crippen LogP) is 2.97. The van der Waals surface area contributed by atoms with Gasteiger partial charge >= 0.3 is 0 Å². The molecule has 2 aliphatic rings. The van der Waals surface area contributed by atoms with E-state index < -0.39 is 0 Å². The maximum absolute atomic E-state index is 13.0. The van der Waals surface area contributed by atoms with Crippen molar-refractivity contribution in [3.05, 3.63) is 87.3 Å². The number of anilines is 1. The molecule has 0 spiro atoms. The molecule has 2 aliphatic heterocycles. The summed E-state index contributed by atoms with van der Waals surface area (Å²) in [6.07, 6.45) is 3.14. The van der Waals surface area contributed by atoms with Crippen molar-refractivity contribution in [1.82, 2.24) is 19.6 Å². The van der Waals surface area contributed by atoms with Crippen LogP contribution in [0.1, 0.15) is 28.8 Å². The number of likely N-dealkylation sites (tertiary alicyclic amines) is 1. The lowest BCUT2D eigenvalue weighted by molar-refractivity contribution is -0.128. The van der Waals surface area contributed by atoms with Crippen LogP contribution in [0.4, 0.5) is 5.69 Å². The lowest BCUT2D eigenvalue weighted by Crippen LogP contribution is -2.49. The Morgan fingerprint density at radius 1 is 0.914 bits per heavy atom. The molecule has 8 nitrogen and oxygen atoms in total. The van der Waals surface area contributed by atoms with E-state index in [1.165, 1.54) is 4.68 Å². The molecule has 2 amide bonds. The van der Waals surface area contributed by atoms with E-state index in [1.54, 1.807) is 18.3 Å². The summed E-state index contributed by atoms with van der Waals surface area (Å²) in [5.41, 5.74) is 2.51. The number of carbonyl (C=O) groups excluding carboxylic acids is 2. The van der Waals surface area contributed by atoms with Crippen LogP contribution in [-0.4, -0.2) is 64.1 Å². The van der Waals surface area contributed by atoms with E-state index in [4.69, 9.17) is 11.6 Å². The molecule has 0 atom stereocenters. The molecule has 1 aromatic heterocycles. The van der Waals surface area contributed by atoms with E-state index in [-0.39, 0.29) is 22.4 Å². The first-order valence-corrected chi connectivity index (χ1v) is 12.1. The number of carbonyl (C=O) groups is 2. The van der Waals surface area contributed by atoms with E-state index >= 15 is 0 Å². The zero-order valence-electron chi connectivity index (χ0n) is 19.3. The summed E-state index contributed by atoms with van der Waals surface area (Å²) in [5.74, 6) is 0.160. The molecule has 3 heterocycles. The Morgan fingerprint density at radius 2 is 1.63 bits per heavy atom. The lowest BCUT2D eigenvalue weighted by atomic mass is 10.1. The number of hydrogen-bond acceptors (Lipinski definition) is 5. The molecule has 0 unspecified atom stereocenters. The highest BCUT2D eigenvalue weighted by molar-refractivity contribution is 6.33. The van der Waals surface area contributed by atoms with Crippen LogP contribution < -0.4 is 10.5 Å². The van der Waals surface area contributed by atoms with Gasteiger partial charge in [0.2, 0.25) is 5.91 Å². The maximum atomic E-state index is 13.0. The van der Waals surface area contributed by atoms with Crippen molar-refractivity contribution in [2.75, 3.05) is 37.6 Å². The number of benzene rings is 2. The molecular weight excluding hydrogens is 466 g/mol. The van der Waals surface area contributed by atoms with Crippen molar-refractivity contribution in [1.29, 1.82) is 0 Å². The number of rotatable bonds is 5. The lowest BCUT2D eigenvalue weighted by Gasteiger charge is -2.36. The average Bonchev–Trinajstić information content (AvgIpc) is 3.30. The largest absolute Gasteiger partial charge is 0.365 e. The Bertz CT molecular complexity index is 1280. The second-order valence-corrected chi connectivity index (χ2v) is 9.17. The number of hydrogen-bond donors (Lipinski definition) is 0. The Morgan fingerprint density at radius 3 is 2.29 bits per heavy atom. The topological polar surface area (TPSA) is 78.8 Å². The van der Waals surface area contributed by atoms with Gasteiger partial charge in [-0.25, -0.2) is 0 Å². The van der Waals surface area contributed by atoms with E-state index in [9.17, 15) is 14.4 Å². The first-order valence-electron chi connectivity index (χ1n) is 11.8. The molecule has 5 rings (SSSR count). The third-order valence-electron chi connectivity index (χ3n) is 6.55. The number of nitrogens with zero attached hydrogens (tertiary/aromatic N) is 5. The van der Waals surface area contributed by atoms with Gasteiger partial charge in [-0.15, -0.1) is 0 Å². The van der Waals surface area contributed by atoms with Gasteiger partial charge in [0.05, 0.1) is 17.6 Å². The Hall–Kier alpha value is -3.65. The van der Waals surface area contributed by atoms with Crippen molar-refractivity contribution < 1.29 is 9.59 Å². The third-order valence-corrected chi connectivity index (χ3v) is 6.91. The van der Waals surface area contributed by atoms with E-state index in [2.05, 4.69) is 5.10 Å². The van der Waals surface area contributed by atoms with Gasteiger partial charge in [-0.1, -0.05) is 41.9 Å². The first-order chi connectivity index (χ1) is 17.0. The smallest absolute Gasteiger partial charge is 0.292 e. The zero-order valence-corrected chi connectivity index (χ0v) is 20.0. The van der Waals surface area contributed by atoms with E-state index in [0.717, 1.165) is 18.5 Å². The molecule has 9 heteroatoms. The van der Waals surface area contributed by atoms with Crippen molar-refractivity contribution in [3.63, 3.8) is 0 Å². The van der Waals surface area contributed by atoms with Gasteiger partial charge in [0.15, 0.2) is 0 Å². The minimum atomic E-state index is -0.371. The standard InChI is InChI=1S/C26H26ClN5O3/c27-24-22(17-28-32(26(24)35)21-5-2-1-3-6-21)29-13-15-30(16-14-29)25(34)20-10-8-19(9-11-20)18-31-12-4-7-23(31)33/h1-3,5-6,8-11,17H,4,7,12-16,18H2. The summed E-state index contributed by atoms with van der Waals surface area (Å²) < 4.78 is 1.29. The van der Waals surface area contributed by atoms with Crippen LogP contribution in [0.2, 0.25) is 5.02 Å². The monoisotopic (exact) mass is 491 g/mol. The fraction of sp³-hybridized carbons (Fsp3) is 0.308. The number of aromatic nitrogens is 2. The molecule has 35 heavy (non-hydrogen) atoms. The molecule has 3 aromatic rings. The fourth-order valence-electron chi connectivity index (χ4n) is 4.57. The summed E-state index contributed by atoms with van der Waals surface area (Å²) >= 11 is 6.44. The minimum Gasteiger partial charge on any atom is -0.365 e. The number of amides is 2. The van der Waals surface area contributed by atoms with Crippen LogP contribution >= 0.6 is 11.6 Å². The van der Waals surface area contributed by atoms with E-state index in [0.29, 0.717) is 56.1 Å². The normalized spacial score (nSPS) is 16.1. The first kappa shape index (κ1) is 23.1. The molecule has 2 fully saturated rings. The third kappa shape index (κ3) is 4.79. The van der Waals surface area contributed by atoms with Crippen LogP contribution in [0, 0.1) is 0 Å². The summed E-state index contributed by atoms with van der Waals surface area (Å²) in [5, 5.41) is 4.43. The Kier molecular flexibility index (Phi) is 6.55. The van der Waals surface area contributed by atoms with Crippen LogP contribution in [0.25, 0.3) is 5.69 Å². The van der Waals surface area contributed by atoms with E-state index in [1.807, 2.05) is 57.2 Å². The highest BCUT2D eigenvalue weighted by Crippen LogP contribution is 2.24. The van der Waals surface area contributed by atoms with Crippen LogP contribution in [0.5, 0.6) is 0 Å². The second-order valence-electron chi connectivity index (χ2n) is 8.79. The van der Waals surface area contributed by atoms with Crippen LogP contribution in [0.15, 0.2) is 65.6 Å². The maximum Gasteiger partial charge on any atom is 0.292 e. The van der Waals surface area contributed by atoms with Gasteiger partial charge < -0.3 is 14.7 Å². The van der Waals surface area contributed by atoms with Gasteiger partial charge in [0, 0.05) is 51.3 Å². The van der Waals surface area contributed by atoms with Crippen molar-refractivity contribution in [3.8, 4) is 5.69 Å². The summed E-state index contributed by atoms with van der Waals surface area (Å²) in [6.45, 7) is 3.52. The SMILES string of the molecule is O=C1CCCN1Cc1ccc(C(=O)N2CCN(c3cnn(-c4ccccc4)c(=O)c3Cl)CC2)cc1. The fourth-order valence-corrected chi connectivity index (χ4v) is 4.82. The van der Waals surface area contributed by atoms with Gasteiger partial charge in [0.1, 0.15) is 5.02 Å². The van der Waals surface area contributed by atoms with Gasteiger partial charge in [-0.05, 0) is 36.2 Å². The number of para-hydroxylation sites is 1. The molecule has 0 bridgehead atoms. The number of halogens is 1. The quantitative estimate of drug-likeness (QED) is 0.548. The molecule has 0 aliphatic carbocycles.